The van der Waals surface area contributed by atoms with Crippen LogP contribution in [-0.2, 0) is 11.3 Å². The highest BCUT2D eigenvalue weighted by Gasteiger charge is 2.25. The molecule has 2 heterocycles. The molecule has 4 rings (SSSR count). The average molecular weight is 425 g/mol. The van der Waals surface area contributed by atoms with Crippen molar-refractivity contribution in [2.75, 3.05) is 19.7 Å². The molecule has 1 aromatic heterocycles. The zero-order valence-corrected chi connectivity index (χ0v) is 16.6. The number of halogens is 2. The van der Waals surface area contributed by atoms with Crippen molar-refractivity contribution in [3.05, 3.63) is 89.8 Å². The van der Waals surface area contributed by atoms with Gasteiger partial charge in [0.1, 0.15) is 17.7 Å². The van der Waals surface area contributed by atoms with Crippen LogP contribution in [0.5, 0.6) is 11.5 Å². The molecule has 0 bridgehead atoms. The first kappa shape index (κ1) is 20.7. The summed E-state index contributed by atoms with van der Waals surface area (Å²) >= 11 is 0. The molecule has 1 fully saturated rings. The number of hydrogen-bond donors (Lipinski definition) is 1. The first-order chi connectivity index (χ1) is 15.1. The van der Waals surface area contributed by atoms with Gasteiger partial charge >= 0.3 is 6.03 Å². The Balaban J connectivity index is 1.33. The Kier molecular flexibility index (Phi) is 6.37. The number of pyridine rings is 1. The summed E-state index contributed by atoms with van der Waals surface area (Å²) in [6.07, 6.45) is 2.70. The number of carbonyl (C=O) groups is 1. The summed E-state index contributed by atoms with van der Waals surface area (Å²) in [4.78, 5) is 18.1. The van der Waals surface area contributed by atoms with Crippen LogP contribution in [0.2, 0.25) is 0 Å². The Hall–Kier alpha value is -3.52. The van der Waals surface area contributed by atoms with E-state index in [0.29, 0.717) is 36.6 Å². The predicted octanol–water partition coefficient (Wildman–Crippen LogP) is 4.44. The summed E-state index contributed by atoms with van der Waals surface area (Å²) in [7, 11) is 0. The smallest absolute Gasteiger partial charge is 0.317 e. The standard InChI is InChI=1S/C23H21F2N3O3/c24-18-4-1-3-17(12-18)22-15-28(9-10-30-22)23(29)27-13-16-6-7-21(20(25)11-16)31-19-5-2-8-26-14-19/h1-8,11-12,14,22H,9-10,13,15H2,(H,27,29). The second-order valence-corrected chi connectivity index (χ2v) is 7.07. The molecule has 2 aromatic carbocycles. The van der Waals surface area contributed by atoms with Crippen LogP contribution in [0.25, 0.3) is 0 Å². The molecule has 2 amide bonds. The third-order valence-electron chi connectivity index (χ3n) is 4.88. The van der Waals surface area contributed by atoms with E-state index in [1.807, 2.05) is 0 Å². The third kappa shape index (κ3) is 5.35. The molecular formula is C23H21F2N3O3. The lowest BCUT2D eigenvalue weighted by Crippen LogP contribution is -2.46. The summed E-state index contributed by atoms with van der Waals surface area (Å²) < 4.78 is 39.0. The van der Waals surface area contributed by atoms with Crippen molar-refractivity contribution in [2.45, 2.75) is 12.6 Å². The lowest BCUT2D eigenvalue weighted by atomic mass is 10.1. The number of carbonyl (C=O) groups excluding carboxylic acids is 1. The Labute approximate surface area is 178 Å². The Morgan fingerprint density at radius 3 is 2.87 bits per heavy atom. The molecule has 31 heavy (non-hydrogen) atoms. The fraction of sp³-hybridized carbons (Fsp3) is 0.217. The van der Waals surface area contributed by atoms with E-state index < -0.39 is 11.9 Å². The normalized spacial score (nSPS) is 16.1. The van der Waals surface area contributed by atoms with Gasteiger partial charge in [-0.2, -0.15) is 0 Å². The molecule has 0 radical (unpaired) electrons. The highest BCUT2D eigenvalue weighted by Crippen LogP contribution is 2.25. The fourth-order valence-corrected chi connectivity index (χ4v) is 3.30. The molecule has 0 spiro atoms. The molecule has 1 unspecified atom stereocenters. The molecule has 1 saturated heterocycles. The van der Waals surface area contributed by atoms with Crippen molar-refractivity contribution in [3.63, 3.8) is 0 Å². The number of amides is 2. The summed E-state index contributed by atoms with van der Waals surface area (Å²) in [6, 6.07) is 13.8. The van der Waals surface area contributed by atoms with Gasteiger partial charge in [-0.25, -0.2) is 13.6 Å². The number of nitrogens with one attached hydrogen (secondary N) is 1. The van der Waals surface area contributed by atoms with Gasteiger partial charge < -0.3 is 19.7 Å². The van der Waals surface area contributed by atoms with Crippen LogP contribution >= 0.6 is 0 Å². The van der Waals surface area contributed by atoms with E-state index in [1.165, 1.54) is 30.5 Å². The quantitative estimate of drug-likeness (QED) is 0.657. The molecule has 0 aliphatic carbocycles. The molecule has 8 heteroatoms. The number of morpholine rings is 1. The second kappa shape index (κ2) is 9.53. The zero-order chi connectivity index (χ0) is 21.6. The Bertz CT molecular complexity index is 1050. The van der Waals surface area contributed by atoms with Crippen LogP contribution in [0.15, 0.2) is 67.0 Å². The molecule has 6 nitrogen and oxygen atoms in total. The maximum Gasteiger partial charge on any atom is 0.317 e. The van der Waals surface area contributed by atoms with Crippen molar-refractivity contribution < 1.29 is 23.0 Å². The molecule has 1 atom stereocenters. The van der Waals surface area contributed by atoms with E-state index in [-0.39, 0.29) is 24.1 Å². The number of benzene rings is 2. The number of nitrogens with zero attached hydrogens (tertiary/aromatic N) is 2. The van der Waals surface area contributed by atoms with Crippen molar-refractivity contribution in [1.82, 2.24) is 15.2 Å². The first-order valence-corrected chi connectivity index (χ1v) is 9.84. The van der Waals surface area contributed by atoms with Crippen LogP contribution in [-0.4, -0.2) is 35.6 Å². The van der Waals surface area contributed by atoms with E-state index in [9.17, 15) is 13.6 Å². The second-order valence-electron chi connectivity index (χ2n) is 7.07. The lowest BCUT2D eigenvalue weighted by molar-refractivity contribution is -0.0156. The van der Waals surface area contributed by atoms with Gasteiger partial charge in [0, 0.05) is 19.3 Å². The summed E-state index contributed by atoms with van der Waals surface area (Å²) in [5.74, 6) is -0.370. The van der Waals surface area contributed by atoms with Gasteiger partial charge in [0.2, 0.25) is 0 Å². The monoisotopic (exact) mass is 425 g/mol. The largest absolute Gasteiger partial charge is 0.453 e. The molecule has 1 aliphatic rings. The van der Waals surface area contributed by atoms with Gasteiger partial charge in [-0.3, -0.25) is 4.98 Å². The highest BCUT2D eigenvalue weighted by atomic mass is 19.1. The minimum Gasteiger partial charge on any atom is -0.453 e. The lowest BCUT2D eigenvalue weighted by Gasteiger charge is -2.33. The predicted molar refractivity (Wildman–Crippen MR) is 110 cm³/mol. The SMILES string of the molecule is O=C(NCc1ccc(Oc2cccnc2)c(F)c1)N1CCOC(c2cccc(F)c2)C1. The number of aromatic nitrogens is 1. The van der Waals surface area contributed by atoms with Gasteiger partial charge in [-0.1, -0.05) is 18.2 Å². The maximum absolute atomic E-state index is 14.4. The average Bonchev–Trinajstić information content (AvgIpc) is 2.80. The molecule has 1 N–H and O–H groups in total. The molecule has 160 valence electrons. The Morgan fingerprint density at radius 2 is 2.10 bits per heavy atom. The number of rotatable bonds is 5. The maximum atomic E-state index is 14.4. The number of ether oxygens (including phenoxy) is 2. The van der Waals surface area contributed by atoms with Gasteiger partial charge in [0.25, 0.3) is 0 Å². The highest BCUT2D eigenvalue weighted by molar-refractivity contribution is 5.74. The molecular weight excluding hydrogens is 404 g/mol. The van der Waals surface area contributed by atoms with E-state index in [2.05, 4.69) is 10.3 Å². The van der Waals surface area contributed by atoms with Crippen LogP contribution in [0, 0.1) is 11.6 Å². The third-order valence-corrected chi connectivity index (χ3v) is 4.88. The summed E-state index contributed by atoms with van der Waals surface area (Å²) in [6.45, 7) is 1.24. The topological polar surface area (TPSA) is 63.7 Å². The number of hydrogen-bond acceptors (Lipinski definition) is 4. The minimum atomic E-state index is -0.534. The summed E-state index contributed by atoms with van der Waals surface area (Å²) in [5, 5.41) is 2.79. The van der Waals surface area contributed by atoms with Gasteiger partial charge in [-0.05, 0) is 47.5 Å². The minimum absolute atomic E-state index is 0.0780. The molecule has 0 saturated carbocycles. The van der Waals surface area contributed by atoms with E-state index >= 15 is 0 Å². The molecule has 1 aliphatic heterocycles. The first-order valence-electron chi connectivity index (χ1n) is 9.84. The van der Waals surface area contributed by atoms with Crippen LogP contribution < -0.4 is 10.1 Å². The van der Waals surface area contributed by atoms with E-state index in [0.717, 1.165) is 0 Å². The summed E-state index contributed by atoms with van der Waals surface area (Å²) in [5.41, 5.74) is 1.28. The van der Waals surface area contributed by atoms with Crippen molar-refractivity contribution >= 4 is 6.03 Å². The van der Waals surface area contributed by atoms with Crippen LogP contribution in [0.4, 0.5) is 13.6 Å². The molecule has 3 aromatic rings. The Morgan fingerprint density at radius 1 is 1.19 bits per heavy atom. The zero-order valence-electron chi connectivity index (χ0n) is 16.6. The van der Waals surface area contributed by atoms with E-state index in [1.54, 1.807) is 41.4 Å². The van der Waals surface area contributed by atoms with Crippen LogP contribution in [0.1, 0.15) is 17.2 Å². The van der Waals surface area contributed by atoms with Crippen molar-refractivity contribution in [3.8, 4) is 11.5 Å². The van der Waals surface area contributed by atoms with Crippen molar-refractivity contribution in [1.29, 1.82) is 0 Å². The van der Waals surface area contributed by atoms with E-state index in [4.69, 9.17) is 9.47 Å². The van der Waals surface area contributed by atoms with Gasteiger partial charge in [0.15, 0.2) is 11.6 Å². The van der Waals surface area contributed by atoms with Crippen molar-refractivity contribution in [2.24, 2.45) is 0 Å². The number of urea groups is 1. The van der Waals surface area contributed by atoms with Gasteiger partial charge in [-0.15, -0.1) is 0 Å². The fourth-order valence-electron chi connectivity index (χ4n) is 3.30. The van der Waals surface area contributed by atoms with Crippen LogP contribution in [0.3, 0.4) is 0 Å². The van der Waals surface area contributed by atoms with Gasteiger partial charge in [0.05, 0.1) is 19.3 Å².